The maximum absolute atomic E-state index is 10.6. The van der Waals surface area contributed by atoms with Crippen molar-refractivity contribution in [1.29, 1.82) is 5.26 Å². The maximum Gasteiger partial charge on any atom is 0.269 e. The number of nitro groups is 1. The summed E-state index contributed by atoms with van der Waals surface area (Å²) in [5.41, 5.74) is 1.05. The van der Waals surface area contributed by atoms with E-state index in [-0.39, 0.29) is 11.7 Å². The van der Waals surface area contributed by atoms with Crippen molar-refractivity contribution in [3.63, 3.8) is 0 Å². The van der Waals surface area contributed by atoms with Crippen molar-refractivity contribution in [3.05, 3.63) is 39.9 Å². The molecule has 0 spiro atoms. The van der Waals surface area contributed by atoms with Crippen molar-refractivity contribution in [1.82, 2.24) is 10.2 Å². The number of hydrogen-bond donors (Lipinski definition) is 1. The van der Waals surface area contributed by atoms with Crippen molar-refractivity contribution in [2.24, 2.45) is 0 Å². The molecule has 0 bridgehead atoms. The lowest BCUT2D eigenvalue weighted by atomic mass is 10.0. The second-order valence-corrected chi connectivity index (χ2v) is 4.51. The number of hydrogen-bond acceptors (Lipinski definition) is 5. The van der Waals surface area contributed by atoms with Gasteiger partial charge in [-0.2, -0.15) is 5.26 Å². The molecule has 0 aliphatic carbocycles. The Kier molecular flexibility index (Phi) is 4.44. The van der Waals surface area contributed by atoms with E-state index in [4.69, 9.17) is 5.26 Å². The summed E-state index contributed by atoms with van der Waals surface area (Å²) < 4.78 is 0. The summed E-state index contributed by atoms with van der Waals surface area (Å²) in [6.45, 7) is 3.61. The SMILES string of the molecule is N#CC[C@@H](c1ccc([N+](=O)[O-])cc1)N1CCNCC1. The molecule has 1 aromatic rings. The van der Waals surface area contributed by atoms with Crippen molar-refractivity contribution >= 4 is 5.69 Å². The first-order valence-corrected chi connectivity index (χ1v) is 6.28. The third-order valence-electron chi connectivity index (χ3n) is 3.37. The van der Waals surface area contributed by atoms with Crippen LogP contribution in [0.15, 0.2) is 24.3 Å². The second-order valence-electron chi connectivity index (χ2n) is 4.51. The van der Waals surface area contributed by atoms with Crippen LogP contribution in [0.3, 0.4) is 0 Å². The molecule has 1 aliphatic heterocycles. The first-order valence-electron chi connectivity index (χ1n) is 6.28. The molecular weight excluding hydrogens is 244 g/mol. The molecule has 1 N–H and O–H groups in total. The lowest BCUT2D eigenvalue weighted by Gasteiger charge is -2.34. The van der Waals surface area contributed by atoms with Gasteiger partial charge in [-0.25, -0.2) is 0 Å². The highest BCUT2D eigenvalue weighted by Gasteiger charge is 2.22. The Hall–Kier alpha value is -1.97. The van der Waals surface area contributed by atoms with Crippen LogP contribution in [0.2, 0.25) is 0 Å². The van der Waals surface area contributed by atoms with Crippen LogP contribution in [-0.2, 0) is 0 Å². The van der Waals surface area contributed by atoms with Gasteiger partial charge in [0, 0.05) is 44.4 Å². The average Bonchev–Trinajstić information content (AvgIpc) is 2.46. The lowest BCUT2D eigenvalue weighted by Crippen LogP contribution is -2.45. The fraction of sp³-hybridized carbons (Fsp3) is 0.462. The highest BCUT2D eigenvalue weighted by atomic mass is 16.6. The average molecular weight is 260 g/mol. The van der Waals surface area contributed by atoms with Gasteiger partial charge in [0.15, 0.2) is 0 Å². The van der Waals surface area contributed by atoms with E-state index in [2.05, 4.69) is 16.3 Å². The molecule has 1 atom stereocenters. The van der Waals surface area contributed by atoms with Gasteiger partial charge >= 0.3 is 0 Å². The zero-order valence-corrected chi connectivity index (χ0v) is 10.6. The van der Waals surface area contributed by atoms with E-state index in [9.17, 15) is 10.1 Å². The molecule has 1 fully saturated rings. The Bertz CT molecular complexity index is 474. The molecule has 6 nitrogen and oxygen atoms in total. The van der Waals surface area contributed by atoms with E-state index in [1.165, 1.54) is 12.1 Å². The number of nitriles is 1. The summed E-state index contributed by atoms with van der Waals surface area (Å²) in [6.07, 6.45) is 0.401. The van der Waals surface area contributed by atoms with Crippen LogP contribution in [0.25, 0.3) is 0 Å². The molecule has 0 radical (unpaired) electrons. The van der Waals surface area contributed by atoms with Crippen LogP contribution in [0, 0.1) is 21.4 Å². The Balaban J connectivity index is 2.18. The van der Waals surface area contributed by atoms with Gasteiger partial charge in [0.25, 0.3) is 5.69 Å². The smallest absolute Gasteiger partial charge is 0.269 e. The number of benzene rings is 1. The van der Waals surface area contributed by atoms with Gasteiger partial charge < -0.3 is 5.32 Å². The molecule has 1 aromatic carbocycles. The zero-order valence-electron chi connectivity index (χ0n) is 10.6. The standard InChI is InChI=1S/C13H16N4O2/c14-6-5-13(16-9-7-15-8-10-16)11-1-3-12(4-2-11)17(18)19/h1-4,13,15H,5,7-10H2/t13-/m0/s1. The van der Waals surface area contributed by atoms with Crippen LogP contribution >= 0.6 is 0 Å². The van der Waals surface area contributed by atoms with E-state index in [0.29, 0.717) is 6.42 Å². The predicted octanol–water partition coefficient (Wildman–Crippen LogP) is 1.45. The number of non-ortho nitro benzene ring substituents is 1. The summed E-state index contributed by atoms with van der Waals surface area (Å²) in [5.74, 6) is 0. The van der Waals surface area contributed by atoms with Crippen molar-refractivity contribution in [2.45, 2.75) is 12.5 Å². The van der Waals surface area contributed by atoms with E-state index >= 15 is 0 Å². The van der Waals surface area contributed by atoms with Crippen molar-refractivity contribution < 1.29 is 4.92 Å². The van der Waals surface area contributed by atoms with Gasteiger partial charge in [-0.3, -0.25) is 15.0 Å². The summed E-state index contributed by atoms with van der Waals surface area (Å²) in [6, 6.07) is 8.73. The topological polar surface area (TPSA) is 82.2 Å². The van der Waals surface area contributed by atoms with Gasteiger partial charge in [-0.1, -0.05) is 12.1 Å². The highest BCUT2D eigenvalue weighted by molar-refractivity contribution is 5.34. The minimum atomic E-state index is -0.409. The number of nitro benzene ring substituents is 1. The van der Waals surface area contributed by atoms with Gasteiger partial charge in [-0.05, 0) is 5.56 Å². The molecule has 1 saturated heterocycles. The fourth-order valence-corrected chi connectivity index (χ4v) is 2.36. The third-order valence-corrected chi connectivity index (χ3v) is 3.37. The normalized spacial score (nSPS) is 17.6. The Labute approximate surface area is 111 Å². The first-order chi connectivity index (χ1) is 9.22. The Morgan fingerprint density at radius 1 is 1.37 bits per heavy atom. The molecule has 1 heterocycles. The van der Waals surface area contributed by atoms with Gasteiger partial charge in [0.1, 0.15) is 0 Å². The van der Waals surface area contributed by atoms with Crippen molar-refractivity contribution in [3.8, 4) is 6.07 Å². The Morgan fingerprint density at radius 2 is 2.00 bits per heavy atom. The molecule has 0 amide bonds. The third kappa shape index (κ3) is 3.28. The number of rotatable bonds is 4. The number of nitrogens with one attached hydrogen (secondary N) is 1. The van der Waals surface area contributed by atoms with Crippen molar-refractivity contribution in [2.75, 3.05) is 26.2 Å². The van der Waals surface area contributed by atoms with E-state index < -0.39 is 4.92 Å². The molecule has 19 heavy (non-hydrogen) atoms. The van der Waals surface area contributed by atoms with Crippen LogP contribution in [0.1, 0.15) is 18.0 Å². The second kappa shape index (κ2) is 6.27. The van der Waals surface area contributed by atoms with E-state index in [1.807, 2.05) is 0 Å². The first kappa shape index (κ1) is 13.5. The number of piperazine rings is 1. The predicted molar refractivity (Wildman–Crippen MR) is 70.5 cm³/mol. The largest absolute Gasteiger partial charge is 0.314 e. The lowest BCUT2D eigenvalue weighted by molar-refractivity contribution is -0.384. The van der Waals surface area contributed by atoms with E-state index in [1.54, 1.807) is 12.1 Å². The Morgan fingerprint density at radius 3 is 2.53 bits per heavy atom. The summed E-state index contributed by atoms with van der Waals surface area (Å²) in [7, 11) is 0. The van der Waals surface area contributed by atoms with Crippen LogP contribution in [0.4, 0.5) is 5.69 Å². The minimum absolute atomic E-state index is 0.0212. The molecule has 0 unspecified atom stereocenters. The monoisotopic (exact) mass is 260 g/mol. The maximum atomic E-state index is 10.6. The molecule has 100 valence electrons. The van der Waals surface area contributed by atoms with E-state index in [0.717, 1.165) is 31.7 Å². The zero-order chi connectivity index (χ0) is 13.7. The number of nitrogens with zero attached hydrogens (tertiary/aromatic N) is 3. The molecule has 6 heteroatoms. The molecular formula is C13H16N4O2. The summed E-state index contributed by atoms with van der Waals surface area (Å²) in [5, 5.41) is 22.9. The molecule has 0 saturated carbocycles. The molecule has 0 aromatic heterocycles. The van der Waals surface area contributed by atoms with Crippen LogP contribution in [-0.4, -0.2) is 36.0 Å². The fourth-order valence-electron chi connectivity index (χ4n) is 2.36. The van der Waals surface area contributed by atoms with Gasteiger partial charge in [0.2, 0.25) is 0 Å². The van der Waals surface area contributed by atoms with Crippen LogP contribution < -0.4 is 5.32 Å². The van der Waals surface area contributed by atoms with Gasteiger partial charge in [0.05, 0.1) is 17.4 Å². The molecule has 2 rings (SSSR count). The van der Waals surface area contributed by atoms with Gasteiger partial charge in [-0.15, -0.1) is 0 Å². The quantitative estimate of drug-likeness (QED) is 0.654. The summed E-state index contributed by atoms with van der Waals surface area (Å²) >= 11 is 0. The molecule has 1 aliphatic rings. The minimum Gasteiger partial charge on any atom is -0.314 e. The summed E-state index contributed by atoms with van der Waals surface area (Å²) in [4.78, 5) is 12.5. The van der Waals surface area contributed by atoms with Crippen LogP contribution in [0.5, 0.6) is 0 Å². The highest BCUT2D eigenvalue weighted by Crippen LogP contribution is 2.26.